The van der Waals surface area contributed by atoms with E-state index in [9.17, 15) is 0 Å². The molecule has 0 amide bonds. The number of aryl methyl sites for hydroxylation is 1. The van der Waals surface area contributed by atoms with Gasteiger partial charge >= 0.3 is 0 Å². The van der Waals surface area contributed by atoms with E-state index in [2.05, 4.69) is 9.97 Å². The van der Waals surface area contributed by atoms with Crippen molar-refractivity contribution in [3.05, 3.63) is 17.6 Å². The summed E-state index contributed by atoms with van der Waals surface area (Å²) >= 11 is 0. The molecular formula is C10H17N3O. The van der Waals surface area contributed by atoms with Crippen molar-refractivity contribution in [2.45, 2.75) is 39.8 Å². The average molecular weight is 195 g/mol. The van der Waals surface area contributed by atoms with Gasteiger partial charge in [0, 0.05) is 18.3 Å². The van der Waals surface area contributed by atoms with Crippen LogP contribution in [0.15, 0.2) is 6.20 Å². The van der Waals surface area contributed by atoms with Gasteiger partial charge < -0.3 is 10.5 Å². The fraction of sp³-hybridized carbons (Fsp3) is 0.600. The smallest absolute Gasteiger partial charge is 0.221 e. The molecule has 0 radical (unpaired) electrons. The molecular weight excluding hydrogens is 178 g/mol. The lowest BCUT2D eigenvalue weighted by Gasteiger charge is -2.21. The molecule has 14 heavy (non-hydrogen) atoms. The average Bonchev–Trinajstić information content (AvgIpc) is 2.01. The van der Waals surface area contributed by atoms with Crippen molar-refractivity contribution in [3.63, 3.8) is 0 Å². The van der Waals surface area contributed by atoms with Crippen LogP contribution in [0.5, 0.6) is 5.88 Å². The Labute approximate surface area is 84.5 Å². The van der Waals surface area contributed by atoms with Gasteiger partial charge in [0.1, 0.15) is 11.4 Å². The minimum Gasteiger partial charge on any atom is -0.472 e. The van der Waals surface area contributed by atoms with Crippen LogP contribution in [-0.2, 0) is 6.54 Å². The number of aromatic nitrogens is 2. The third kappa shape index (κ3) is 2.96. The third-order valence-corrected chi connectivity index (χ3v) is 1.57. The number of rotatable bonds is 2. The van der Waals surface area contributed by atoms with Gasteiger partial charge in [0.15, 0.2) is 0 Å². The second-order valence-electron chi connectivity index (χ2n) is 4.17. The monoisotopic (exact) mass is 195 g/mol. The Hall–Kier alpha value is -1.16. The Morgan fingerprint density at radius 3 is 2.57 bits per heavy atom. The van der Waals surface area contributed by atoms with Crippen molar-refractivity contribution in [1.29, 1.82) is 0 Å². The molecule has 0 fully saturated rings. The molecule has 0 spiro atoms. The maximum absolute atomic E-state index is 5.67. The fourth-order valence-corrected chi connectivity index (χ4v) is 0.993. The first-order chi connectivity index (χ1) is 6.42. The van der Waals surface area contributed by atoms with Crippen LogP contribution in [0, 0.1) is 6.92 Å². The first kappa shape index (κ1) is 10.9. The lowest BCUT2D eigenvalue weighted by atomic mass is 10.2. The van der Waals surface area contributed by atoms with Gasteiger partial charge in [-0.05, 0) is 27.7 Å². The molecule has 1 rings (SSSR count). The van der Waals surface area contributed by atoms with E-state index in [-0.39, 0.29) is 5.60 Å². The lowest BCUT2D eigenvalue weighted by molar-refractivity contribution is 0.122. The SMILES string of the molecule is Cc1ncc(CN)c(OC(C)(C)C)n1. The summed E-state index contributed by atoms with van der Waals surface area (Å²) in [6.07, 6.45) is 1.71. The largest absolute Gasteiger partial charge is 0.472 e. The number of hydrogen-bond donors (Lipinski definition) is 1. The van der Waals surface area contributed by atoms with Gasteiger partial charge in [-0.1, -0.05) is 0 Å². The predicted octanol–water partition coefficient (Wildman–Crippen LogP) is 1.42. The molecule has 0 aliphatic heterocycles. The van der Waals surface area contributed by atoms with Gasteiger partial charge in [-0.3, -0.25) is 0 Å². The first-order valence-electron chi connectivity index (χ1n) is 4.64. The molecule has 1 aromatic rings. The van der Waals surface area contributed by atoms with Gasteiger partial charge in [0.2, 0.25) is 5.88 Å². The minimum atomic E-state index is -0.259. The Balaban J connectivity index is 2.99. The van der Waals surface area contributed by atoms with Crippen LogP contribution in [0.1, 0.15) is 32.2 Å². The summed E-state index contributed by atoms with van der Waals surface area (Å²) in [7, 11) is 0. The highest BCUT2D eigenvalue weighted by molar-refractivity contribution is 5.23. The Morgan fingerprint density at radius 1 is 1.43 bits per heavy atom. The van der Waals surface area contributed by atoms with Gasteiger partial charge in [-0.15, -0.1) is 0 Å². The number of ether oxygens (including phenoxy) is 1. The first-order valence-corrected chi connectivity index (χ1v) is 4.64. The Morgan fingerprint density at radius 2 is 2.07 bits per heavy atom. The lowest BCUT2D eigenvalue weighted by Crippen LogP contribution is -2.25. The van der Waals surface area contributed by atoms with Crippen molar-refractivity contribution >= 4 is 0 Å². The molecule has 0 unspecified atom stereocenters. The summed E-state index contributed by atoms with van der Waals surface area (Å²) in [5.41, 5.74) is 6.14. The third-order valence-electron chi connectivity index (χ3n) is 1.57. The van der Waals surface area contributed by atoms with Crippen molar-refractivity contribution in [2.75, 3.05) is 0 Å². The molecule has 0 atom stereocenters. The molecule has 0 saturated carbocycles. The summed E-state index contributed by atoms with van der Waals surface area (Å²) < 4.78 is 5.67. The molecule has 0 aliphatic carbocycles. The van der Waals surface area contributed by atoms with Gasteiger partial charge in [-0.2, -0.15) is 4.98 Å². The fourth-order valence-electron chi connectivity index (χ4n) is 0.993. The number of nitrogens with two attached hydrogens (primary N) is 1. The van der Waals surface area contributed by atoms with Crippen molar-refractivity contribution < 1.29 is 4.74 Å². The van der Waals surface area contributed by atoms with Crippen LogP contribution < -0.4 is 10.5 Å². The van der Waals surface area contributed by atoms with E-state index < -0.39 is 0 Å². The highest BCUT2D eigenvalue weighted by atomic mass is 16.5. The maximum Gasteiger partial charge on any atom is 0.221 e. The van der Waals surface area contributed by atoms with Crippen LogP contribution >= 0.6 is 0 Å². The summed E-state index contributed by atoms with van der Waals surface area (Å²) in [5, 5.41) is 0. The molecule has 4 heteroatoms. The van der Waals surface area contributed by atoms with E-state index >= 15 is 0 Å². The summed E-state index contributed by atoms with van der Waals surface area (Å²) in [4.78, 5) is 8.29. The standard InChI is InChI=1S/C10H17N3O/c1-7-12-6-8(5-11)9(13-7)14-10(2,3)4/h6H,5,11H2,1-4H3. The maximum atomic E-state index is 5.67. The molecule has 0 saturated heterocycles. The molecule has 4 nitrogen and oxygen atoms in total. The molecule has 1 aromatic heterocycles. The van der Waals surface area contributed by atoms with Crippen molar-refractivity contribution in [1.82, 2.24) is 9.97 Å². The normalized spacial score (nSPS) is 11.5. The molecule has 2 N–H and O–H groups in total. The van der Waals surface area contributed by atoms with Crippen molar-refractivity contribution in [3.8, 4) is 5.88 Å². The summed E-state index contributed by atoms with van der Waals surface area (Å²) in [6.45, 7) is 8.15. The number of hydrogen-bond acceptors (Lipinski definition) is 4. The van der Waals surface area contributed by atoms with Gasteiger partial charge in [-0.25, -0.2) is 4.98 Å². The topological polar surface area (TPSA) is 61.0 Å². The van der Waals surface area contributed by atoms with E-state index in [0.29, 0.717) is 18.2 Å². The molecule has 0 aromatic carbocycles. The molecule has 0 aliphatic rings. The van der Waals surface area contributed by atoms with Gasteiger partial charge in [0.05, 0.1) is 0 Å². The van der Waals surface area contributed by atoms with E-state index in [1.54, 1.807) is 6.20 Å². The van der Waals surface area contributed by atoms with E-state index in [4.69, 9.17) is 10.5 Å². The van der Waals surface area contributed by atoms with Crippen LogP contribution in [0.25, 0.3) is 0 Å². The summed E-state index contributed by atoms with van der Waals surface area (Å²) in [6, 6.07) is 0. The second-order valence-corrected chi connectivity index (χ2v) is 4.17. The quantitative estimate of drug-likeness (QED) is 0.775. The van der Waals surface area contributed by atoms with Gasteiger partial charge in [0.25, 0.3) is 0 Å². The van der Waals surface area contributed by atoms with E-state index in [1.165, 1.54) is 0 Å². The van der Waals surface area contributed by atoms with Crippen LogP contribution in [0.2, 0.25) is 0 Å². The zero-order valence-corrected chi connectivity index (χ0v) is 9.16. The van der Waals surface area contributed by atoms with E-state index in [0.717, 1.165) is 5.56 Å². The zero-order chi connectivity index (χ0) is 10.8. The van der Waals surface area contributed by atoms with Crippen LogP contribution in [-0.4, -0.2) is 15.6 Å². The molecule has 0 bridgehead atoms. The van der Waals surface area contributed by atoms with Crippen LogP contribution in [0.3, 0.4) is 0 Å². The predicted molar refractivity (Wildman–Crippen MR) is 55.0 cm³/mol. The Kier molecular flexibility index (Phi) is 3.06. The van der Waals surface area contributed by atoms with Crippen molar-refractivity contribution in [2.24, 2.45) is 5.73 Å². The Bertz CT molecular complexity index is 318. The van der Waals surface area contributed by atoms with E-state index in [1.807, 2.05) is 27.7 Å². The molecule has 1 heterocycles. The highest BCUT2D eigenvalue weighted by Gasteiger charge is 2.15. The molecule has 78 valence electrons. The second kappa shape index (κ2) is 3.92. The zero-order valence-electron chi connectivity index (χ0n) is 9.16. The highest BCUT2D eigenvalue weighted by Crippen LogP contribution is 2.19. The van der Waals surface area contributed by atoms with Crippen LogP contribution in [0.4, 0.5) is 0 Å². The minimum absolute atomic E-state index is 0.259. The summed E-state index contributed by atoms with van der Waals surface area (Å²) in [5.74, 6) is 1.29. The number of nitrogens with zero attached hydrogens (tertiary/aromatic N) is 2.